The van der Waals surface area contributed by atoms with Crippen molar-refractivity contribution in [3.63, 3.8) is 0 Å². The van der Waals surface area contributed by atoms with Gasteiger partial charge in [0.2, 0.25) is 0 Å². The third kappa shape index (κ3) is 4.34. The van der Waals surface area contributed by atoms with E-state index in [-0.39, 0.29) is 11.7 Å². The van der Waals surface area contributed by atoms with Gasteiger partial charge in [0, 0.05) is 32.6 Å². The third-order valence-electron chi connectivity index (χ3n) is 3.68. The summed E-state index contributed by atoms with van der Waals surface area (Å²) < 4.78 is 3.30. The normalized spacial score (nSPS) is 13.8. The first-order valence-corrected chi connectivity index (χ1v) is 7.90. The third-order valence-corrected chi connectivity index (χ3v) is 3.68. The van der Waals surface area contributed by atoms with Crippen LogP contribution < -0.4 is 16.3 Å². The summed E-state index contributed by atoms with van der Waals surface area (Å²) in [6, 6.07) is -0.139. The Bertz CT molecular complexity index is 520. The van der Waals surface area contributed by atoms with Crippen molar-refractivity contribution in [3.05, 3.63) is 16.3 Å². The van der Waals surface area contributed by atoms with Gasteiger partial charge in [-0.3, -0.25) is 4.57 Å². The highest BCUT2D eigenvalue weighted by atomic mass is 16.2. The Balaban J connectivity index is 1.70. The van der Waals surface area contributed by atoms with Gasteiger partial charge in [-0.2, -0.15) is 5.10 Å². The van der Waals surface area contributed by atoms with Crippen LogP contribution in [0.2, 0.25) is 0 Å². The Labute approximate surface area is 124 Å². The summed E-state index contributed by atoms with van der Waals surface area (Å²) in [6.07, 6.45) is 5.81. The van der Waals surface area contributed by atoms with Gasteiger partial charge in [-0.05, 0) is 25.7 Å². The standard InChI is InChI=1S/C14H25N5O2/c1-2-3-8-15-13(20)16-9-6-11-19-14(21)18-10-5-4-7-12(18)17-19/h2-11H2,1H3,(H2,15,16,20). The van der Waals surface area contributed by atoms with Gasteiger partial charge >= 0.3 is 11.7 Å². The van der Waals surface area contributed by atoms with Crippen LogP contribution >= 0.6 is 0 Å². The van der Waals surface area contributed by atoms with Crippen LogP contribution in [-0.4, -0.2) is 33.5 Å². The molecule has 7 heteroatoms. The van der Waals surface area contributed by atoms with Gasteiger partial charge in [0.15, 0.2) is 0 Å². The van der Waals surface area contributed by atoms with Crippen LogP contribution in [0.3, 0.4) is 0 Å². The average Bonchev–Trinajstić information content (AvgIpc) is 2.81. The molecule has 0 bridgehead atoms. The molecule has 0 saturated heterocycles. The van der Waals surface area contributed by atoms with E-state index in [1.165, 1.54) is 4.68 Å². The SMILES string of the molecule is CCCCNC(=O)NCCCn1nc2n(c1=O)CCCC2. The molecule has 0 aliphatic carbocycles. The number of rotatable bonds is 7. The van der Waals surface area contributed by atoms with E-state index >= 15 is 0 Å². The predicted molar refractivity (Wildman–Crippen MR) is 80.4 cm³/mol. The molecule has 2 amide bonds. The zero-order valence-electron chi connectivity index (χ0n) is 12.7. The van der Waals surface area contributed by atoms with E-state index in [1.807, 2.05) is 0 Å². The lowest BCUT2D eigenvalue weighted by Gasteiger charge is -2.09. The fourth-order valence-electron chi connectivity index (χ4n) is 2.47. The lowest BCUT2D eigenvalue weighted by atomic mass is 10.2. The number of hydrogen-bond acceptors (Lipinski definition) is 3. The zero-order chi connectivity index (χ0) is 15.1. The highest BCUT2D eigenvalue weighted by Gasteiger charge is 2.16. The Kier molecular flexibility index (Phi) is 5.83. The molecule has 1 aliphatic heterocycles. The maximum atomic E-state index is 12.1. The minimum Gasteiger partial charge on any atom is -0.338 e. The maximum Gasteiger partial charge on any atom is 0.345 e. The summed E-state index contributed by atoms with van der Waals surface area (Å²) in [4.78, 5) is 23.5. The van der Waals surface area contributed by atoms with Crippen molar-refractivity contribution in [2.24, 2.45) is 0 Å². The number of nitrogens with zero attached hydrogens (tertiary/aromatic N) is 3. The second kappa shape index (κ2) is 7.85. The first-order chi connectivity index (χ1) is 10.2. The molecule has 1 aromatic heterocycles. The van der Waals surface area contributed by atoms with E-state index in [0.717, 1.165) is 44.5 Å². The number of fused-ring (bicyclic) bond motifs is 1. The zero-order valence-corrected chi connectivity index (χ0v) is 12.7. The number of amides is 2. The second-order valence-electron chi connectivity index (χ2n) is 5.42. The fraction of sp³-hybridized carbons (Fsp3) is 0.786. The summed E-state index contributed by atoms with van der Waals surface area (Å²) in [5, 5.41) is 9.95. The number of aryl methyl sites for hydroxylation is 2. The van der Waals surface area contributed by atoms with Crippen molar-refractivity contribution < 1.29 is 4.79 Å². The molecule has 21 heavy (non-hydrogen) atoms. The van der Waals surface area contributed by atoms with Crippen LogP contribution in [0.15, 0.2) is 4.79 Å². The predicted octanol–water partition coefficient (Wildman–Crippen LogP) is 0.870. The van der Waals surface area contributed by atoms with Crippen LogP contribution in [0.25, 0.3) is 0 Å². The first kappa shape index (κ1) is 15.6. The molecule has 0 fully saturated rings. The molecule has 0 spiro atoms. The summed E-state index contributed by atoms with van der Waals surface area (Å²) in [7, 11) is 0. The maximum absolute atomic E-state index is 12.1. The van der Waals surface area contributed by atoms with Crippen LogP contribution in [0.5, 0.6) is 0 Å². The highest BCUT2D eigenvalue weighted by Crippen LogP contribution is 2.09. The number of unbranched alkanes of at least 4 members (excludes halogenated alkanes) is 1. The molecular weight excluding hydrogens is 270 g/mol. The Morgan fingerprint density at radius 2 is 2.00 bits per heavy atom. The average molecular weight is 295 g/mol. The summed E-state index contributed by atoms with van der Waals surface area (Å²) in [5.74, 6) is 0.900. The van der Waals surface area contributed by atoms with Crippen LogP contribution in [0.1, 0.15) is 44.9 Å². The topological polar surface area (TPSA) is 81.0 Å². The van der Waals surface area contributed by atoms with Gasteiger partial charge < -0.3 is 10.6 Å². The molecule has 118 valence electrons. The largest absolute Gasteiger partial charge is 0.345 e. The van der Waals surface area contributed by atoms with E-state index in [0.29, 0.717) is 26.1 Å². The molecule has 1 aliphatic rings. The van der Waals surface area contributed by atoms with E-state index in [1.54, 1.807) is 4.57 Å². The Hall–Kier alpha value is -1.79. The van der Waals surface area contributed by atoms with Crippen molar-refractivity contribution >= 4 is 6.03 Å². The van der Waals surface area contributed by atoms with E-state index in [4.69, 9.17) is 0 Å². The molecular formula is C14H25N5O2. The number of aromatic nitrogens is 3. The van der Waals surface area contributed by atoms with Crippen molar-refractivity contribution in [1.82, 2.24) is 25.0 Å². The fourth-order valence-corrected chi connectivity index (χ4v) is 2.47. The van der Waals surface area contributed by atoms with Crippen molar-refractivity contribution in [2.45, 2.75) is 58.5 Å². The molecule has 0 aromatic carbocycles. The minimum atomic E-state index is -0.139. The van der Waals surface area contributed by atoms with Crippen LogP contribution in [0, 0.1) is 0 Å². The van der Waals surface area contributed by atoms with Gasteiger partial charge in [0.1, 0.15) is 5.82 Å². The van der Waals surface area contributed by atoms with Gasteiger partial charge in [-0.15, -0.1) is 0 Å². The monoisotopic (exact) mass is 295 g/mol. The van der Waals surface area contributed by atoms with E-state index < -0.39 is 0 Å². The van der Waals surface area contributed by atoms with Crippen molar-refractivity contribution in [3.8, 4) is 0 Å². The number of carbonyl (C=O) groups is 1. The molecule has 2 N–H and O–H groups in total. The van der Waals surface area contributed by atoms with Gasteiger partial charge in [-0.25, -0.2) is 14.3 Å². The summed E-state index contributed by atoms with van der Waals surface area (Å²) in [5.41, 5.74) is -0.0166. The molecule has 0 unspecified atom stereocenters. The second-order valence-corrected chi connectivity index (χ2v) is 5.42. The van der Waals surface area contributed by atoms with E-state index in [2.05, 4.69) is 22.7 Å². The molecule has 1 aromatic rings. The summed E-state index contributed by atoms with van der Waals surface area (Å²) >= 11 is 0. The van der Waals surface area contributed by atoms with Crippen LogP contribution in [-0.2, 0) is 19.5 Å². The van der Waals surface area contributed by atoms with Crippen LogP contribution in [0.4, 0.5) is 4.79 Å². The Morgan fingerprint density at radius 1 is 1.24 bits per heavy atom. The molecule has 2 rings (SSSR count). The lowest BCUT2D eigenvalue weighted by molar-refractivity contribution is 0.240. The molecule has 0 radical (unpaired) electrons. The first-order valence-electron chi connectivity index (χ1n) is 7.90. The minimum absolute atomic E-state index is 0.0166. The quantitative estimate of drug-likeness (QED) is 0.732. The number of nitrogens with one attached hydrogen (secondary N) is 2. The lowest BCUT2D eigenvalue weighted by Crippen LogP contribution is -2.37. The Morgan fingerprint density at radius 3 is 2.71 bits per heavy atom. The number of carbonyl (C=O) groups excluding carboxylic acids is 1. The number of hydrogen-bond donors (Lipinski definition) is 2. The van der Waals surface area contributed by atoms with Gasteiger partial charge in [-0.1, -0.05) is 13.3 Å². The smallest absolute Gasteiger partial charge is 0.338 e. The molecule has 7 nitrogen and oxygen atoms in total. The molecule has 0 saturated carbocycles. The number of urea groups is 1. The highest BCUT2D eigenvalue weighted by molar-refractivity contribution is 5.73. The van der Waals surface area contributed by atoms with Gasteiger partial charge in [0.05, 0.1) is 0 Å². The van der Waals surface area contributed by atoms with Crippen molar-refractivity contribution in [1.29, 1.82) is 0 Å². The van der Waals surface area contributed by atoms with E-state index in [9.17, 15) is 9.59 Å². The molecule has 2 heterocycles. The summed E-state index contributed by atoms with van der Waals surface area (Å²) in [6.45, 7) is 4.67. The van der Waals surface area contributed by atoms with Gasteiger partial charge in [0.25, 0.3) is 0 Å². The van der Waals surface area contributed by atoms with Crippen molar-refractivity contribution in [2.75, 3.05) is 13.1 Å². The molecule has 0 atom stereocenters.